The number of nitrogens with one attached hydrogen (secondary N) is 1. The lowest BCUT2D eigenvalue weighted by atomic mass is 10.1. The van der Waals surface area contributed by atoms with E-state index in [1.165, 1.54) is 26.9 Å². The summed E-state index contributed by atoms with van der Waals surface area (Å²) in [7, 11) is 2.96. The molecule has 0 heterocycles. The van der Waals surface area contributed by atoms with Gasteiger partial charge in [-0.15, -0.1) is 0 Å². The first-order valence-corrected chi connectivity index (χ1v) is 4.62. The van der Waals surface area contributed by atoms with Gasteiger partial charge in [-0.25, -0.2) is 4.79 Å². The van der Waals surface area contributed by atoms with Crippen LogP contribution in [0.1, 0.15) is 15.9 Å². The van der Waals surface area contributed by atoms with Crippen molar-refractivity contribution < 1.29 is 14.6 Å². The molecule has 0 bridgehead atoms. The summed E-state index contributed by atoms with van der Waals surface area (Å²) in [6, 6.07) is 4.61. The van der Waals surface area contributed by atoms with Crippen molar-refractivity contribution in [3.8, 4) is 0 Å². The molecule has 0 saturated carbocycles. The van der Waals surface area contributed by atoms with Gasteiger partial charge in [0.05, 0.1) is 5.56 Å². The Bertz CT molecular complexity index is 359. The first-order valence-electron chi connectivity index (χ1n) is 4.24. The van der Waals surface area contributed by atoms with Gasteiger partial charge in [-0.1, -0.05) is 17.7 Å². The summed E-state index contributed by atoms with van der Waals surface area (Å²) in [5.41, 5.74) is 0.995. The molecule has 0 aromatic heterocycles. The predicted octanol–water partition coefficient (Wildman–Crippen LogP) is 1.31. The van der Waals surface area contributed by atoms with Crippen LogP contribution >= 0.6 is 11.6 Å². The Morgan fingerprint density at radius 3 is 2.93 bits per heavy atom. The summed E-state index contributed by atoms with van der Waals surface area (Å²) in [5.74, 6) is -0.986. The van der Waals surface area contributed by atoms with Gasteiger partial charge in [0.25, 0.3) is 0 Å². The standard InChI is InChI=1S/C9H10BClNO3/c1-15-10-12-5-7-3-2-6(9(13)14)4-8(7)11/h2-4,12H,5H2,1H3,(H,13,14). The van der Waals surface area contributed by atoms with Gasteiger partial charge in [0.15, 0.2) is 0 Å². The van der Waals surface area contributed by atoms with E-state index in [4.69, 9.17) is 21.4 Å². The number of carbonyl (C=O) groups is 1. The third-order valence-electron chi connectivity index (χ3n) is 1.79. The van der Waals surface area contributed by atoms with Crippen molar-refractivity contribution in [2.45, 2.75) is 6.54 Å². The average molecular weight is 226 g/mol. The third kappa shape index (κ3) is 3.55. The van der Waals surface area contributed by atoms with Gasteiger partial charge < -0.3 is 15.0 Å². The Morgan fingerprint density at radius 2 is 2.40 bits per heavy atom. The van der Waals surface area contributed by atoms with E-state index in [0.29, 0.717) is 11.6 Å². The molecule has 0 fully saturated rings. The number of rotatable bonds is 5. The number of hydrogen-bond donors (Lipinski definition) is 2. The molecule has 1 rings (SSSR count). The van der Waals surface area contributed by atoms with E-state index in [-0.39, 0.29) is 5.56 Å². The van der Waals surface area contributed by atoms with Crippen LogP contribution in [0, 0.1) is 0 Å². The monoisotopic (exact) mass is 226 g/mol. The van der Waals surface area contributed by atoms with E-state index in [1.54, 1.807) is 6.07 Å². The second-order valence-electron chi connectivity index (χ2n) is 2.85. The molecule has 0 amide bonds. The molecule has 0 aliphatic carbocycles. The zero-order valence-corrected chi connectivity index (χ0v) is 8.91. The van der Waals surface area contributed by atoms with Crippen LogP contribution in [0.25, 0.3) is 0 Å². The maximum atomic E-state index is 10.6. The quantitative estimate of drug-likeness (QED) is 0.587. The van der Waals surface area contributed by atoms with Crippen molar-refractivity contribution in [3.63, 3.8) is 0 Å². The molecule has 4 nitrogen and oxygen atoms in total. The van der Waals surface area contributed by atoms with Gasteiger partial charge >= 0.3 is 13.6 Å². The van der Waals surface area contributed by atoms with Crippen molar-refractivity contribution in [1.29, 1.82) is 0 Å². The number of carboxylic acid groups (broad SMARTS) is 1. The molecule has 1 radical (unpaired) electrons. The zero-order valence-electron chi connectivity index (χ0n) is 8.16. The smallest absolute Gasteiger partial charge is 0.395 e. The molecule has 0 unspecified atom stereocenters. The Balaban J connectivity index is 2.70. The molecule has 1 aromatic rings. The van der Waals surface area contributed by atoms with E-state index in [0.717, 1.165) is 5.56 Å². The average Bonchev–Trinajstić information content (AvgIpc) is 2.20. The van der Waals surface area contributed by atoms with Crippen molar-refractivity contribution >= 4 is 25.2 Å². The number of carboxylic acids is 1. The van der Waals surface area contributed by atoms with Crippen LogP contribution in [-0.2, 0) is 11.2 Å². The van der Waals surface area contributed by atoms with Crippen molar-refractivity contribution in [2.24, 2.45) is 0 Å². The molecule has 0 atom stereocenters. The first-order chi connectivity index (χ1) is 7.15. The number of halogens is 1. The highest BCUT2D eigenvalue weighted by molar-refractivity contribution is 6.31. The maximum absolute atomic E-state index is 10.6. The summed E-state index contributed by atoms with van der Waals surface area (Å²) in [5, 5.41) is 12.0. The lowest BCUT2D eigenvalue weighted by Gasteiger charge is -2.05. The Labute approximate surface area is 93.5 Å². The zero-order chi connectivity index (χ0) is 11.3. The third-order valence-corrected chi connectivity index (χ3v) is 2.15. The summed E-state index contributed by atoms with van der Waals surface area (Å²) in [6.07, 6.45) is 0. The second-order valence-corrected chi connectivity index (χ2v) is 3.25. The summed E-state index contributed by atoms with van der Waals surface area (Å²) in [6.45, 7) is 0.493. The topological polar surface area (TPSA) is 58.6 Å². The molecular weight excluding hydrogens is 216 g/mol. The molecule has 2 N–H and O–H groups in total. The molecule has 0 spiro atoms. The Hall–Kier alpha value is -1.04. The minimum absolute atomic E-state index is 0.180. The number of benzene rings is 1. The highest BCUT2D eigenvalue weighted by atomic mass is 35.5. The van der Waals surface area contributed by atoms with Gasteiger partial charge in [0, 0.05) is 18.7 Å². The molecule has 0 aliphatic rings. The fourth-order valence-corrected chi connectivity index (χ4v) is 1.31. The lowest BCUT2D eigenvalue weighted by molar-refractivity contribution is 0.0697. The van der Waals surface area contributed by atoms with Crippen LogP contribution in [0.2, 0.25) is 5.02 Å². The predicted molar refractivity (Wildman–Crippen MR) is 58.0 cm³/mol. The van der Waals surface area contributed by atoms with Crippen LogP contribution < -0.4 is 5.23 Å². The van der Waals surface area contributed by atoms with Gasteiger partial charge in [-0.2, -0.15) is 0 Å². The molecule has 0 aliphatic heterocycles. The van der Waals surface area contributed by atoms with Crippen LogP contribution in [-0.4, -0.2) is 25.8 Å². The summed E-state index contributed by atoms with van der Waals surface area (Å²) >= 11 is 5.89. The van der Waals surface area contributed by atoms with Gasteiger partial charge in [-0.05, 0) is 17.7 Å². The van der Waals surface area contributed by atoms with E-state index in [9.17, 15) is 4.79 Å². The number of hydrogen-bond acceptors (Lipinski definition) is 3. The fourth-order valence-electron chi connectivity index (χ4n) is 1.06. The lowest BCUT2D eigenvalue weighted by Crippen LogP contribution is -2.20. The second kappa shape index (κ2) is 5.75. The van der Waals surface area contributed by atoms with Crippen molar-refractivity contribution in [2.75, 3.05) is 7.11 Å². The first kappa shape index (κ1) is 12.0. The molecule has 15 heavy (non-hydrogen) atoms. The van der Waals surface area contributed by atoms with Gasteiger partial charge in [0.1, 0.15) is 0 Å². The van der Waals surface area contributed by atoms with E-state index >= 15 is 0 Å². The van der Waals surface area contributed by atoms with Crippen molar-refractivity contribution in [3.05, 3.63) is 34.3 Å². The molecule has 1 aromatic carbocycles. The van der Waals surface area contributed by atoms with Gasteiger partial charge in [0.2, 0.25) is 0 Å². The largest absolute Gasteiger partial charge is 0.478 e. The van der Waals surface area contributed by atoms with Crippen molar-refractivity contribution in [1.82, 2.24) is 5.23 Å². The van der Waals surface area contributed by atoms with E-state index < -0.39 is 5.97 Å². The maximum Gasteiger partial charge on any atom is 0.395 e. The highest BCUT2D eigenvalue weighted by Gasteiger charge is 2.06. The van der Waals surface area contributed by atoms with Crippen LogP contribution in [0.5, 0.6) is 0 Å². The minimum Gasteiger partial charge on any atom is -0.478 e. The summed E-state index contributed by atoms with van der Waals surface area (Å²) < 4.78 is 4.69. The SMILES string of the molecule is CO[B]NCc1ccc(C(=O)O)cc1Cl. The van der Waals surface area contributed by atoms with Crippen LogP contribution in [0.3, 0.4) is 0 Å². The molecule has 79 valence electrons. The Kier molecular flexibility index (Phi) is 4.61. The van der Waals surface area contributed by atoms with Crippen LogP contribution in [0.15, 0.2) is 18.2 Å². The van der Waals surface area contributed by atoms with E-state index in [1.807, 2.05) is 0 Å². The highest BCUT2D eigenvalue weighted by Crippen LogP contribution is 2.17. The Morgan fingerprint density at radius 1 is 1.67 bits per heavy atom. The van der Waals surface area contributed by atoms with Crippen LogP contribution in [0.4, 0.5) is 0 Å². The molecular formula is C9H10BClNO3. The normalized spacial score (nSPS) is 10.0. The minimum atomic E-state index is -0.986. The molecule has 6 heteroatoms. The molecule has 0 saturated heterocycles. The fraction of sp³-hybridized carbons (Fsp3) is 0.222. The number of aromatic carboxylic acids is 1. The summed E-state index contributed by atoms with van der Waals surface area (Å²) in [4.78, 5) is 10.6. The van der Waals surface area contributed by atoms with Gasteiger partial charge in [-0.3, -0.25) is 0 Å². The van der Waals surface area contributed by atoms with E-state index in [2.05, 4.69) is 5.23 Å².